The zero-order valence-electron chi connectivity index (χ0n) is 7.96. The van der Waals surface area contributed by atoms with Crippen molar-refractivity contribution in [3.05, 3.63) is 0 Å². The van der Waals surface area contributed by atoms with Gasteiger partial charge in [-0.05, 0) is 26.3 Å². The van der Waals surface area contributed by atoms with E-state index in [1.807, 2.05) is 0 Å². The molecule has 1 heterocycles. The van der Waals surface area contributed by atoms with Gasteiger partial charge >= 0.3 is 0 Å². The van der Waals surface area contributed by atoms with Crippen LogP contribution in [0.25, 0.3) is 0 Å². The van der Waals surface area contributed by atoms with E-state index in [0.717, 1.165) is 26.2 Å². The van der Waals surface area contributed by atoms with E-state index in [9.17, 15) is 0 Å². The summed E-state index contributed by atoms with van der Waals surface area (Å²) in [6.45, 7) is 3.70. The molecule has 3 heteroatoms. The molecular weight excluding hydrogens is 152 g/mol. The molecule has 2 N–H and O–H groups in total. The van der Waals surface area contributed by atoms with Crippen molar-refractivity contribution < 1.29 is 4.74 Å². The van der Waals surface area contributed by atoms with Gasteiger partial charge in [-0.3, -0.25) is 0 Å². The van der Waals surface area contributed by atoms with Crippen molar-refractivity contribution >= 4 is 0 Å². The van der Waals surface area contributed by atoms with Crippen molar-refractivity contribution in [2.24, 2.45) is 5.73 Å². The molecule has 0 aliphatic carbocycles. The number of hydrogen-bond acceptors (Lipinski definition) is 3. The van der Waals surface area contributed by atoms with Crippen LogP contribution in [0.5, 0.6) is 0 Å². The van der Waals surface area contributed by atoms with Crippen LogP contribution in [0.1, 0.15) is 19.3 Å². The number of likely N-dealkylation sites (N-methyl/N-ethyl adjacent to an activating group) is 1. The van der Waals surface area contributed by atoms with Crippen molar-refractivity contribution in [2.75, 3.05) is 33.3 Å². The second-order valence-electron chi connectivity index (χ2n) is 3.54. The standard InChI is InChI=1S/C9H20N2O/c1-11(6-5-10)8-9-4-2-3-7-12-9/h9H,2-8,10H2,1H3. The van der Waals surface area contributed by atoms with Crippen LogP contribution in [0.15, 0.2) is 0 Å². The molecule has 1 rings (SSSR count). The predicted molar refractivity (Wildman–Crippen MR) is 50.1 cm³/mol. The summed E-state index contributed by atoms with van der Waals surface area (Å²) < 4.78 is 5.61. The molecule has 1 aliphatic heterocycles. The molecule has 3 nitrogen and oxygen atoms in total. The summed E-state index contributed by atoms with van der Waals surface area (Å²) in [6.07, 6.45) is 4.22. The highest BCUT2D eigenvalue weighted by Gasteiger charge is 2.14. The largest absolute Gasteiger partial charge is 0.377 e. The molecule has 0 saturated carbocycles. The maximum absolute atomic E-state index is 5.61. The molecule has 0 amide bonds. The summed E-state index contributed by atoms with van der Waals surface area (Å²) in [7, 11) is 2.10. The highest BCUT2D eigenvalue weighted by molar-refractivity contribution is 4.67. The van der Waals surface area contributed by atoms with Crippen LogP contribution in [0.2, 0.25) is 0 Å². The fraction of sp³-hybridized carbons (Fsp3) is 1.00. The molecule has 1 saturated heterocycles. The van der Waals surface area contributed by atoms with Gasteiger partial charge < -0.3 is 15.4 Å². The highest BCUT2D eigenvalue weighted by atomic mass is 16.5. The fourth-order valence-electron chi connectivity index (χ4n) is 1.61. The third kappa shape index (κ3) is 3.52. The number of nitrogens with two attached hydrogens (primary N) is 1. The minimum Gasteiger partial charge on any atom is -0.377 e. The van der Waals surface area contributed by atoms with Gasteiger partial charge in [-0.2, -0.15) is 0 Å². The number of ether oxygens (including phenoxy) is 1. The first kappa shape index (κ1) is 9.96. The van der Waals surface area contributed by atoms with E-state index >= 15 is 0 Å². The Morgan fingerprint density at radius 3 is 2.92 bits per heavy atom. The van der Waals surface area contributed by atoms with E-state index in [1.54, 1.807) is 0 Å². The van der Waals surface area contributed by atoms with E-state index in [2.05, 4.69) is 11.9 Å². The normalized spacial score (nSPS) is 24.8. The van der Waals surface area contributed by atoms with Crippen LogP contribution in [-0.2, 0) is 4.74 Å². The lowest BCUT2D eigenvalue weighted by molar-refractivity contribution is -0.000957. The van der Waals surface area contributed by atoms with Crippen LogP contribution in [-0.4, -0.2) is 44.3 Å². The molecule has 0 spiro atoms. The topological polar surface area (TPSA) is 38.5 Å². The average molecular weight is 172 g/mol. The minimum absolute atomic E-state index is 0.454. The molecule has 0 aromatic rings. The number of nitrogens with zero attached hydrogens (tertiary/aromatic N) is 1. The van der Waals surface area contributed by atoms with E-state index in [0.29, 0.717) is 6.10 Å². The minimum atomic E-state index is 0.454. The molecule has 1 atom stereocenters. The van der Waals surface area contributed by atoms with Crippen molar-refractivity contribution in [2.45, 2.75) is 25.4 Å². The Morgan fingerprint density at radius 1 is 1.50 bits per heavy atom. The molecule has 1 unspecified atom stereocenters. The van der Waals surface area contributed by atoms with E-state index in [4.69, 9.17) is 10.5 Å². The third-order valence-corrected chi connectivity index (χ3v) is 2.30. The predicted octanol–water partition coefficient (Wildman–Crippen LogP) is 0.446. The Bertz CT molecular complexity index is 113. The molecule has 12 heavy (non-hydrogen) atoms. The molecule has 1 aliphatic rings. The summed E-state index contributed by atoms with van der Waals surface area (Å²) >= 11 is 0. The molecule has 0 bridgehead atoms. The summed E-state index contributed by atoms with van der Waals surface area (Å²) in [5.74, 6) is 0. The van der Waals surface area contributed by atoms with Gasteiger partial charge in [0, 0.05) is 26.2 Å². The Labute approximate surface area is 74.9 Å². The molecular formula is C9H20N2O. The summed E-state index contributed by atoms with van der Waals surface area (Å²) in [4.78, 5) is 2.25. The van der Waals surface area contributed by atoms with Crippen LogP contribution >= 0.6 is 0 Å². The van der Waals surface area contributed by atoms with Gasteiger partial charge in [0.15, 0.2) is 0 Å². The number of rotatable bonds is 4. The van der Waals surface area contributed by atoms with Crippen LogP contribution in [0.4, 0.5) is 0 Å². The zero-order chi connectivity index (χ0) is 8.81. The van der Waals surface area contributed by atoms with Gasteiger partial charge in [0.1, 0.15) is 0 Å². The van der Waals surface area contributed by atoms with E-state index < -0.39 is 0 Å². The summed E-state index contributed by atoms with van der Waals surface area (Å²) in [5.41, 5.74) is 5.45. The Balaban J connectivity index is 2.11. The summed E-state index contributed by atoms with van der Waals surface area (Å²) in [5, 5.41) is 0. The first-order valence-electron chi connectivity index (χ1n) is 4.83. The van der Waals surface area contributed by atoms with Crippen LogP contribution in [0.3, 0.4) is 0 Å². The van der Waals surface area contributed by atoms with Crippen LogP contribution in [0, 0.1) is 0 Å². The van der Waals surface area contributed by atoms with Gasteiger partial charge in [-0.1, -0.05) is 0 Å². The molecule has 0 aromatic carbocycles. The zero-order valence-corrected chi connectivity index (χ0v) is 7.96. The monoisotopic (exact) mass is 172 g/mol. The average Bonchev–Trinajstić information content (AvgIpc) is 2.06. The quantitative estimate of drug-likeness (QED) is 0.669. The lowest BCUT2D eigenvalue weighted by atomic mass is 10.1. The van der Waals surface area contributed by atoms with Crippen molar-refractivity contribution in [1.29, 1.82) is 0 Å². The van der Waals surface area contributed by atoms with Gasteiger partial charge in [0.25, 0.3) is 0 Å². The first-order chi connectivity index (χ1) is 5.83. The second-order valence-corrected chi connectivity index (χ2v) is 3.54. The number of hydrogen-bond donors (Lipinski definition) is 1. The third-order valence-electron chi connectivity index (χ3n) is 2.30. The van der Waals surface area contributed by atoms with Gasteiger partial charge in [0.2, 0.25) is 0 Å². The van der Waals surface area contributed by atoms with Gasteiger partial charge in [-0.15, -0.1) is 0 Å². The van der Waals surface area contributed by atoms with Crippen molar-refractivity contribution in [1.82, 2.24) is 4.90 Å². The fourth-order valence-corrected chi connectivity index (χ4v) is 1.61. The van der Waals surface area contributed by atoms with Gasteiger partial charge in [-0.25, -0.2) is 0 Å². The van der Waals surface area contributed by atoms with Crippen LogP contribution < -0.4 is 5.73 Å². The molecule has 0 radical (unpaired) electrons. The van der Waals surface area contributed by atoms with Crippen molar-refractivity contribution in [3.8, 4) is 0 Å². The Hall–Kier alpha value is -0.120. The highest BCUT2D eigenvalue weighted by Crippen LogP contribution is 2.12. The lowest BCUT2D eigenvalue weighted by Crippen LogP contribution is -2.35. The lowest BCUT2D eigenvalue weighted by Gasteiger charge is -2.26. The molecule has 72 valence electrons. The van der Waals surface area contributed by atoms with Gasteiger partial charge in [0.05, 0.1) is 6.10 Å². The smallest absolute Gasteiger partial charge is 0.0701 e. The molecule has 1 fully saturated rings. The SMILES string of the molecule is CN(CCN)CC1CCCCO1. The first-order valence-corrected chi connectivity index (χ1v) is 4.83. The second kappa shape index (κ2) is 5.51. The molecule has 0 aromatic heterocycles. The van der Waals surface area contributed by atoms with E-state index in [-0.39, 0.29) is 0 Å². The Kier molecular flexibility index (Phi) is 4.58. The maximum atomic E-state index is 5.61. The Morgan fingerprint density at radius 2 is 2.33 bits per heavy atom. The summed E-state index contributed by atoms with van der Waals surface area (Å²) in [6, 6.07) is 0. The van der Waals surface area contributed by atoms with E-state index in [1.165, 1.54) is 19.3 Å². The van der Waals surface area contributed by atoms with Crippen molar-refractivity contribution in [3.63, 3.8) is 0 Å². The maximum Gasteiger partial charge on any atom is 0.0701 e.